The molecule has 1 fully saturated rings. The van der Waals surface area contributed by atoms with E-state index in [-0.39, 0.29) is 17.5 Å². The number of hydrogen-bond acceptors (Lipinski definition) is 2. The van der Waals surface area contributed by atoms with Crippen LogP contribution in [0.25, 0.3) is 0 Å². The zero-order valence-corrected chi connectivity index (χ0v) is 12.7. The molecule has 0 aromatic heterocycles. The van der Waals surface area contributed by atoms with E-state index in [1.807, 2.05) is 0 Å². The minimum absolute atomic E-state index is 0.209. The van der Waals surface area contributed by atoms with E-state index in [2.05, 4.69) is 10.6 Å². The van der Waals surface area contributed by atoms with Gasteiger partial charge in [0.15, 0.2) is 0 Å². The van der Waals surface area contributed by atoms with Gasteiger partial charge in [-0.25, -0.2) is 4.39 Å². The van der Waals surface area contributed by atoms with Crippen molar-refractivity contribution < 1.29 is 14.0 Å². The summed E-state index contributed by atoms with van der Waals surface area (Å²) in [5.41, 5.74) is 1.74. The standard InChI is InChI=1S/C18H17FN2O2/c1-11-6-7-12(19)10-15(11)18(23)21-16-5-3-2-4-14(16)17(22)20-13-8-9-13/h2-7,10,13H,8-9H2,1H3,(H,20,22)(H,21,23). The maximum Gasteiger partial charge on any atom is 0.256 e. The van der Waals surface area contributed by atoms with Crippen molar-refractivity contribution in [1.82, 2.24) is 5.32 Å². The van der Waals surface area contributed by atoms with Crippen LogP contribution in [-0.4, -0.2) is 17.9 Å². The van der Waals surface area contributed by atoms with E-state index in [1.165, 1.54) is 12.1 Å². The van der Waals surface area contributed by atoms with Crippen LogP contribution in [0.15, 0.2) is 42.5 Å². The van der Waals surface area contributed by atoms with Crippen molar-refractivity contribution in [2.45, 2.75) is 25.8 Å². The lowest BCUT2D eigenvalue weighted by molar-refractivity contribution is 0.0952. The molecule has 1 aliphatic rings. The van der Waals surface area contributed by atoms with Crippen LogP contribution in [0.1, 0.15) is 39.1 Å². The van der Waals surface area contributed by atoms with Gasteiger partial charge in [-0.1, -0.05) is 18.2 Å². The molecular weight excluding hydrogens is 295 g/mol. The number of benzene rings is 2. The second kappa shape index (κ2) is 6.20. The Balaban J connectivity index is 1.83. The Morgan fingerprint density at radius 3 is 2.52 bits per heavy atom. The fourth-order valence-electron chi connectivity index (χ4n) is 2.31. The first-order valence-electron chi connectivity index (χ1n) is 7.52. The number of carbonyl (C=O) groups is 2. The Morgan fingerprint density at radius 1 is 1.04 bits per heavy atom. The van der Waals surface area contributed by atoms with Gasteiger partial charge in [0.1, 0.15) is 5.82 Å². The summed E-state index contributed by atoms with van der Waals surface area (Å²) in [6.45, 7) is 1.74. The highest BCUT2D eigenvalue weighted by molar-refractivity contribution is 6.09. The second-order valence-corrected chi connectivity index (χ2v) is 5.71. The quantitative estimate of drug-likeness (QED) is 0.910. The summed E-state index contributed by atoms with van der Waals surface area (Å²) < 4.78 is 13.4. The van der Waals surface area contributed by atoms with Crippen molar-refractivity contribution in [3.63, 3.8) is 0 Å². The molecule has 0 spiro atoms. The van der Waals surface area contributed by atoms with Crippen molar-refractivity contribution in [3.05, 3.63) is 65.0 Å². The number of hydrogen-bond donors (Lipinski definition) is 2. The zero-order valence-electron chi connectivity index (χ0n) is 12.7. The van der Waals surface area contributed by atoms with Gasteiger partial charge in [-0.2, -0.15) is 0 Å². The van der Waals surface area contributed by atoms with Crippen molar-refractivity contribution in [3.8, 4) is 0 Å². The van der Waals surface area contributed by atoms with Crippen LogP contribution in [0, 0.1) is 12.7 Å². The molecule has 4 nitrogen and oxygen atoms in total. The van der Waals surface area contributed by atoms with Gasteiger partial charge in [0.2, 0.25) is 0 Å². The number of aryl methyl sites for hydroxylation is 1. The van der Waals surface area contributed by atoms with Crippen LogP contribution in [0.5, 0.6) is 0 Å². The van der Waals surface area contributed by atoms with E-state index in [0.29, 0.717) is 16.8 Å². The molecule has 0 saturated heterocycles. The number of amides is 2. The van der Waals surface area contributed by atoms with E-state index < -0.39 is 11.7 Å². The first kappa shape index (κ1) is 15.2. The number of nitrogens with one attached hydrogen (secondary N) is 2. The van der Waals surface area contributed by atoms with Crippen LogP contribution in [0.2, 0.25) is 0 Å². The van der Waals surface area contributed by atoms with Gasteiger partial charge in [0.25, 0.3) is 11.8 Å². The molecule has 0 unspecified atom stereocenters. The molecule has 2 aromatic carbocycles. The molecular formula is C18H17FN2O2. The largest absolute Gasteiger partial charge is 0.349 e. The summed E-state index contributed by atoms with van der Waals surface area (Å²) in [4.78, 5) is 24.6. The summed E-state index contributed by atoms with van der Waals surface area (Å²) in [7, 11) is 0. The molecule has 0 atom stereocenters. The average molecular weight is 312 g/mol. The maximum atomic E-state index is 13.4. The highest BCUT2D eigenvalue weighted by Crippen LogP contribution is 2.22. The van der Waals surface area contributed by atoms with Gasteiger partial charge in [-0.3, -0.25) is 9.59 Å². The Morgan fingerprint density at radius 2 is 1.78 bits per heavy atom. The van der Waals surface area contributed by atoms with Gasteiger partial charge < -0.3 is 10.6 Å². The molecule has 0 heterocycles. The first-order valence-corrected chi connectivity index (χ1v) is 7.52. The van der Waals surface area contributed by atoms with Gasteiger partial charge in [-0.15, -0.1) is 0 Å². The minimum atomic E-state index is -0.472. The Hall–Kier alpha value is -2.69. The van der Waals surface area contributed by atoms with Gasteiger partial charge in [-0.05, 0) is 49.6 Å². The zero-order chi connectivity index (χ0) is 16.4. The van der Waals surface area contributed by atoms with Crippen LogP contribution in [-0.2, 0) is 0 Å². The third kappa shape index (κ3) is 3.56. The van der Waals surface area contributed by atoms with E-state index in [4.69, 9.17) is 0 Å². The van der Waals surface area contributed by atoms with Crippen LogP contribution in [0.4, 0.5) is 10.1 Å². The summed E-state index contributed by atoms with van der Waals surface area (Å²) in [6, 6.07) is 11.1. The lowest BCUT2D eigenvalue weighted by Crippen LogP contribution is -2.27. The molecule has 0 aliphatic heterocycles. The molecule has 5 heteroatoms. The predicted octanol–water partition coefficient (Wildman–Crippen LogP) is 3.28. The maximum absolute atomic E-state index is 13.4. The van der Waals surface area contributed by atoms with Crippen LogP contribution >= 0.6 is 0 Å². The van der Waals surface area contributed by atoms with Gasteiger partial charge in [0, 0.05) is 11.6 Å². The summed E-state index contributed by atoms with van der Waals surface area (Å²) >= 11 is 0. The van der Waals surface area contributed by atoms with Crippen molar-refractivity contribution in [2.24, 2.45) is 0 Å². The van der Waals surface area contributed by atoms with Crippen molar-refractivity contribution in [1.29, 1.82) is 0 Å². The van der Waals surface area contributed by atoms with Crippen LogP contribution < -0.4 is 10.6 Å². The summed E-state index contributed by atoms with van der Waals surface area (Å²) in [5.74, 6) is -1.12. The van der Waals surface area contributed by atoms with E-state index >= 15 is 0 Å². The second-order valence-electron chi connectivity index (χ2n) is 5.71. The Bertz CT molecular complexity index is 769. The number of rotatable bonds is 4. The van der Waals surface area contributed by atoms with Gasteiger partial charge >= 0.3 is 0 Å². The van der Waals surface area contributed by atoms with E-state index in [9.17, 15) is 14.0 Å². The summed E-state index contributed by atoms with van der Waals surface area (Å²) in [5, 5.41) is 5.60. The molecule has 1 aliphatic carbocycles. The molecule has 2 N–H and O–H groups in total. The molecule has 1 saturated carbocycles. The minimum Gasteiger partial charge on any atom is -0.349 e. The lowest BCUT2D eigenvalue weighted by Gasteiger charge is -2.12. The van der Waals surface area contributed by atoms with Gasteiger partial charge in [0.05, 0.1) is 11.3 Å². The highest BCUT2D eigenvalue weighted by Gasteiger charge is 2.25. The number of anilines is 1. The third-order valence-electron chi connectivity index (χ3n) is 3.78. The third-order valence-corrected chi connectivity index (χ3v) is 3.78. The fraction of sp³-hybridized carbons (Fsp3) is 0.222. The average Bonchev–Trinajstić information content (AvgIpc) is 3.34. The fourth-order valence-corrected chi connectivity index (χ4v) is 2.31. The molecule has 23 heavy (non-hydrogen) atoms. The smallest absolute Gasteiger partial charge is 0.256 e. The molecule has 2 amide bonds. The molecule has 3 rings (SSSR count). The molecule has 2 aromatic rings. The SMILES string of the molecule is Cc1ccc(F)cc1C(=O)Nc1ccccc1C(=O)NC1CC1. The number of carbonyl (C=O) groups excluding carboxylic acids is 2. The highest BCUT2D eigenvalue weighted by atomic mass is 19.1. The number of halogens is 1. The van der Waals surface area contributed by atoms with Crippen molar-refractivity contribution >= 4 is 17.5 Å². The monoisotopic (exact) mass is 312 g/mol. The Labute approximate surface area is 133 Å². The van der Waals surface area contributed by atoms with E-state index in [1.54, 1.807) is 37.3 Å². The Kier molecular flexibility index (Phi) is 4.10. The molecule has 0 bridgehead atoms. The van der Waals surface area contributed by atoms with Crippen LogP contribution in [0.3, 0.4) is 0 Å². The molecule has 0 radical (unpaired) electrons. The normalized spacial score (nSPS) is 13.5. The van der Waals surface area contributed by atoms with E-state index in [0.717, 1.165) is 12.8 Å². The van der Waals surface area contributed by atoms with Crippen molar-refractivity contribution in [2.75, 3.05) is 5.32 Å². The predicted molar refractivity (Wildman–Crippen MR) is 86.0 cm³/mol. The molecule has 118 valence electrons. The number of para-hydroxylation sites is 1. The lowest BCUT2D eigenvalue weighted by atomic mass is 10.1. The first-order chi connectivity index (χ1) is 11.0. The topological polar surface area (TPSA) is 58.2 Å². The summed E-state index contributed by atoms with van der Waals surface area (Å²) in [6.07, 6.45) is 1.98.